The zero-order valence-corrected chi connectivity index (χ0v) is 18.7. The first-order chi connectivity index (χ1) is 15.3. The predicted molar refractivity (Wildman–Crippen MR) is 124 cm³/mol. The number of fused-ring (bicyclic) bond motifs is 1. The van der Waals surface area contributed by atoms with Crippen LogP contribution in [0.3, 0.4) is 0 Å². The van der Waals surface area contributed by atoms with E-state index in [0.29, 0.717) is 21.1 Å². The molecule has 0 aliphatic rings. The average Bonchev–Trinajstić information content (AvgIpc) is 2.78. The maximum absolute atomic E-state index is 13.1. The normalized spacial score (nSPS) is 11.3. The van der Waals surface area contributed by atoms with Crippen LogP contribution in [-0.4, -0.2) is 24.3 Å². The molecule has 10 heteroatoms. The van der Waals surface area contributed by atoms with Gasteiger partial charge >= 0.3 is 0 Å². The van der Waals surface area contributed by atoms with Crippen LogP contribution in [0.25, 0.3) is 11.0 Å². The van der Waals surface area contributed by atoms with E-state index in [1.54, 1.807) is 42.5 Å². The second-order valence-corrected chi connectivity index (χ2v) is 9.24. The molecule has 0 spiro atoms. The lowest BCUT2D eigenvalue weighted by Crippen LogP contribution is -2.25. The average molecular weight is 487 g/mol. The molecule has 0 aliphatic carbocycles. The topological polar surface area (TPSA) is 101 Å². The Labute approximate surface area is 194 Å². The molecule has 0 bridgehead atoms. The fourth-order valence-electron chi connectivity index (χ4n) is 3.09. The van der Waals surface area contributed by atoms with Gasteiger partial charge in [-0.3, -0.25) is 19.5 Å². The molecule has 0 aliphatic heterocycles. The first kappa shape index (κ1) is 22.0. The van der Waals surface area contributed by atoms with Gasteiger partial charge in [0.15, 0.2) is 0 Å². The maximum Gasteiger partial charge on any atom is 0.264 e. The van der Waals surface area contributed by atoms with E-state index < -0.39 is 15.9 Å². The Morgan fingerprint density at radius 3 is 2.53 bits per heavy atom. The fraction of sp³-hybridized carbons (Fsp3) is 0.0455. The largest absolute Gasteiger partial charge is 0.348 e. The summed E-state index contributed by atoms with van der Waals surface area (Å²) in [4.78, 5) is 21.1. The quantitative estimate of drug-likeness (QED) is 0.412. The van der Waals surface area contributed by atoms with Gasteiger partial charge in [-0.2, -0.15) is 0 Å². The van der Waals surface area contributed by atoms with Crippen molar-refractivity contribution < 1.29 is 13.2 Å². The molecule has 3 aromatic carbocycles. The van der Waals surface area contributed by atoms with Crippen molar-refractivity contribution in [3.05, 3.63) is 94.2 Å². The molecule has 1 amide bonds. The van der Waals surface area contributed by atoms with Gasteiger partial charge < -0.3 is 5.32 Å². The minimum Gasteiger partial charge on any atom is -0.348 e. The number of para-hydroxylation sites is 2. The Kier molecular flexibility index (Phi) is 6.27. The van der Waals surface area contributed by atoms with Crippen LogP contribution in [-0.2, 0) is 16.6 Å². The number of nitrogens with zero attached hydrogens (tertiary/aromatic N) is 2. The molecule has 0 radical (unpaired) electrons. The van der Waals surface area contributed by atoms with E-state index in [4.69, 9.17) is 23.2 Å². The summed E-state index contributed by atoms with van der Waals surface area (Å²) in [6.07, 6.45) is 2.91. The van der Waals surface area contributed by atoms with Crippen LogP contribution in [0.15, 0.2) is 78.0 Å². The number of hydrogen-bond acceptors (Lipinski definition) is 5. The van der Waals surface area contributed by atoms with Crippen LogP contribution in [0.1, 0.15) is 15.9 Å². The zero-order valence-electron chi connectivity index (χ0n) is 16.4. The van der Waals surface area contributed by atoms with Gasteiger partial charge in [-0.15, -0.1) is 0 Å². The molecule has 0 unspecified atom stereocenters. The van der Waals surface area contributed by atoms with Crippen molar-refractivity contribution in [3.8, 4) is 0 Å². The number of halogens is 2. The third-order valence-electron chi connectivity index (χ3n) is 4.62. The summed E-state index contributed by atoms with van der Waals surface area (Å²) < 4.78 is 28.7. The van der Waals surface area contributed by atoms with E-state index >= 15 is 0 Å². The number of sulfonamides is 1. The number of rotatable bonds is 6. The van der Waals surface area contributed by atoms with E-state index in [1.807, 2.05) is 0 Å². The predicted octanol–water partition coefficient (Wildman–Crippen LogP) is 4.67. The number of carbonyl (C=O) groups is 1. The van der Waals surface area contributed by atoms with E-state index in [1.165, 1.54) is 30.6 Å². The zero-order chi connectivity index (χ0) is 22.7. The van der Waals surface area contributed by atoms with Crippen molar-refractivity contribution in [1.29, 1.82) is 0 Å². The van der Waals surface area contributed by atoms with Gasteiger partial charge in [0.1, 0.15) is 10.4 Å². The summed E-state index contributed by atoms with van der Waals surface area (Å²) in [5, 5.41) is 3.66. The standard InChI is InChI=1S/C22H16Cl2N4O3S/c23-15-9-8-14(17(24)12-15)13-27-22(29)16-4-1-2-5-18(16)28-32(30,31)20-7-3-6-19-21(20)26-11-10-25-19/h1-12,28H,13H2,(H,27,29). The SMILES string of the molecule is O=C(NCc1ccc(Cl)cc1Cl)c1ccccc1NS(=O)(=O)c1cccc2nccnc12. The van der Waals surface area contributed by atoms with Crippen molar-refractivity contribution in [2.24, 2.45) is 0 Å². The number of aromatic nitrogens is 2. The molecule has 1 heterocycles. The first-order valence-electron chi connectivity index (χ1n) is 9.39. The summed E-state index contributed by atoms with van der Waals surface area (Å²) in [6, 6.07) is 16.0. The molecule has 32 heavy (non-hydrogen) atoms. The van der Waals surface area contributed by atoms with Crippen LogP contribution in [0, 0.1) is 0 Å². The lowest BCUT2D eigenvalue weighted by Gasteiger charge is -2.14. The summed E-state index contributed by atoms with van der Waals surface area (Å²) in [5.41, 5.74) is 1.65. The molecular weight excluding hydrogens is 471 g/mol. The van der Waals surface area contributed by atoms with Crippen LogP contribution < -0.4 is 10.0 Å². The van der Waals surface area contributed by atoms with E-state index in [9.17, 15) is 13.2 Å². The van der Waals surface area contributed by atoms with Crippen molar-refractivity contribution in [2.75, 3.05) is 4.72 Å². The first-order valence-corrected chi connectivity index (χ1v) is 11.6. The van der Waals surface area contributed by atoms with Crippen molar-refractivity contribution >= 4 is 55.9 Å². The van der Waals surface area contributed by atoms with Gasteiger partial charge in [0.25, 0.3) is 15.9 Å². The molecule has 0 atom stereocenters. The second-order valence-electron chi connectivity index (χ2n) is 6.75. The summed E-state index contributed by atoms with van der Waals surface area (Å²) >= 11 is 12.1. The molecule has 7 nitrogen and oxygen atoms in total. The number of benzene rings is 3. The smallest absolute Gasteiger partial charge is 0.264 e. The number of nitrogens with one attached hydrogen (secondary N) is 2. The molecule has 4 aromatic rings. The van der Waals surface area contributed by atoms with Gasteiger partial charge in [0, 0.05) is 29.0 Å². The molecule has 0 saturated heterocycles. The highest BCUT2D eigenvalue weighted by Gasteiger charge is 2.21. The van der Waals surface area contributed by atoms with Crippen LogP contribution in [0.4, 0.5) is 5.69 Å². The van der Waals surface area contributed by atoms with Gasteiger partial charge in [-0.05, 0) is 42.0 Å². The van der Waals surface area contributed by atoms with E-state index in [0.717, 1.165) is 0 Å². The minimum atomic E-state index is -4.04. The van der Waals surface area contributed by atoms with Crippen LogP contribution in [0.5, 0.6) is 0 Å². The molecule has 162 valence electrons. The van der Waals surface area contributed by atoms with Crippen molar-refractivity contribution in [1.82, 2.24) is 15.3 Å². The Morgan fingerprint density at radius 2 is 1.72 bits per heavy atom. The maximum atomic E-state index is 13.1. The van der Waals surface area contributed by atoms with Gasteiger partial charge in [-0.25, -0.2) is 8.42 Å². The highest BCUT2D eigenvalue weighted by molar-refractivity contribution is 7.93. The number of anilines is 1. The summed E-state index contributed by atoms with van der Waals surface area (Å²) in [7, 11) is -4.04. The molecule has 1 aromatic heterocycles. The lowest BCUT2D eigenvalue weighted by molar-refractivity contribution is 0.0952. The number of carbonyl (C=O) groups excluding carboxylic acids is 1. The van der Waals surface area contributed by atoms with Gasteiger partial charge in [0.2, 0.25) is 0 Å². The summed E-state index contributed by atoms with van der Waals surface area (Å²) in [5.74, 6) is -0.466. The van der Waals surface area contributed by atoms with Crippen molar-refractivity contribution in [3.63, 3.8) is 0 Å². The molecular formula is C22H16Cl2N4O3S. The minimum absolute atomic E-state index is 0.0359. The third-order valence-corrected chi connectivity index (χ3v) is 6.61. The Balaban J connectivity index is 1.60. The Morgan fingerprint density at radius 1 is 0.938 bits per heavy atom. The molecule has 0 saturated carbocycles. The summed E-state index contributed by atoms with van der Waals surface area (Å²) in [6.45, 7) is 0.148. The highest BCUT2D eigenvalue weighted by atomic mass is 35.5. The fourth-order valence-corrected chi connectivity index (χ4v) is 4.81. The second kappa shape index (κ2) is 9.12. The van der Waals surface area contributed by atoms with Crippen molar-refractivity contribution in [2.45, 2.75) is 11.4 Å². The monoisotopic (exact) mass is 486 g/mol. The third kappa shape index (κ3) is 4.67. The van der Waals surface area contributed by atoms with E-state index in [-0.39, 0.29) is 28.2 Å². The van der Waals surface area contributed by atoms with Gasteiger partial charge in [0.05, 0.1) is 16.8 Å². The Bertz CT molecular complexity index is 1420. The Hall–Kier alpha value is -3.20. The van der Waals surface area contributed by atoms with Gasteiger partial charge in [-0.1, -0.05) is 47.5 Å². The van der Waals surface area contributed by atoms with Crippen LogP contribution >= 0.6 is 23.2 Å². The lowest BCUT2D eigenvalue weighted by atomic mass is 10.1. The number of hydrogen-bond donors (Lipinski definition) is 2. The molecule has 0 fully saturated rings. The van der Waals surface area contributed by atoms with Crippen LogP contribution in [0.2, 0.25) is 10.0 Å². The molecule has 4 rings (SSSR count). The van der Waals surface area contributed by atoms with E-state index in [2.05, 4.69) is 20.0 Å². The highest BCUT2D eigenvalue weighted by Crippen LogP contribution is 2.25. The number of amides is 1. The molecule has 2 N–H and O–H groups in total.